The first-order valence-electron chi connectivity index (χ1n) is 10.3. The van der Waals surface area contributed by atoms with Crippen molar-refractivity contribution in [3.63, 3.8) is 0 Å². The Kier molecular flexibility index (Phi) is 5.74. The highest BCUT2D eigenvalue weighted by Crippen LogP contribution is 2.34. The Morgan fingerprint density at radius 3 is 2.69 bits per heavy atom. The number of benzene rings is 1. The van der Waals surface area contributed by atoms with E-state index in [0.29, 0.717) is 11.3 Å². The van der Waals surface area contributed by atoms with Gasteiger partial charge in [0, 0.05) is 29.3 Å². The van der Waals surface area contributed by atoms with Gasteiger partial charge in [0.15, 0.2) is 9.84 Å². The molecule has 0 spiro atoms. The number of rotatable bonds is 6. The van der Waals surface area contributed by atoms with E-state index in [1.54, 1.807) is 19.1 Å². The standard InChI is InChI=1S/C21H25F2N3O5S/c1-12(2)26-16-8-17(19(27)24-21(3)10-32(28,29)11-21)30-9-15(16)18(25-26)13-5-4-6-14(7-13)31-20(22)23/h4-7,12,17,20H,8-11H2,1-3H3,(H,24,27)/t17-/m0/s1. The van der Waals surface area contributed by atoms with Gasteiger partial charge in [-0.15, -0.1) is 0 Å². The van der Waals surface area contributed by atoms with Gasteiger partial charge in [0.05, 0.1) is 29.3 Å². The van der Waals surface area contributed by atoms with Gasteiger partial charge < -0.3 is 14.8 Å². The second kappa shape index (κ2) is 8.11. The maximum Gasteiger partial charge on any atom is 0.387 e. The Hall–Kier alpha value is -2.53. The minimum Gasteiger partial charge on any atom is -0.435 e. The largest absolute Gasteiger partial charge is 0.435 e. The molecular weight excluding hydrogens is 444 g/mol. The lowest BCUT2D eigenvalue weighted by atomic mass is 9.99. The minimum absolute atomic E-state index is 0.00546. The van der Waals surface area contributed by atoms with E-state index in [1.165, 1.54) is 12.1 Å². The molecule has 2 aliphatic rings. The fraction of sp³-hybridized carbons (Fsp3) is 0.524. The van der Waals surface area contributed by atoms with Crippen molar-refractivity contribution >= 4 is 15.7 Å². The van der Waals surface area contributed by atoms with Crippen LogP contribution in [0, 0.1) is 0 Å². The van der Waals surface area contributed by atoms with E-state index in [2.05, 4.69) is 15.2 Å². The molecule has 0 unspecified atom stereocenters. The lowest BCUT2D eigenvalue weighted by Gasteiger charge is -2.39. The van der Waals surface area contributed by atoms with Crippen LogP contribution in [0.25, 0.3) is 11.3 Å². The first-order valence-corrected chi connectivity index (χ1v) is 12.1. The zero-order chi connectivity index (χ0) is 23.3. The maximum atomic E-state index is 12.8. The number of nitrogens with one attached hydrogen (secondary N) is 1. The van der Waals surface area contributed by atoms with Crippen LogP contribution < -0.4 is 10.1 Å². The molecule has 32 heavy (non-hydrogen) atoms. The van der Waals surface area contributed by atoms with Gasteiger partial charge in [-0.1, -0.05) is 12.1 Å². The number of amides is 1. The fourth-order valence-electron chi connectivity index (χ4n) is 4.32. The molecule has 0 bridgehead atoms. The Labute approximate surface area is 184 Å². The third kappa shape index (κ3) is 4.49. The molecule has 1 saturated heterocycles. The van der Waals surface area contributed by atoms with Crippen molar-refractivity contribution in [1.82, 2.24) is 15.1 Å². The normalized spacial score (nSPS) is 21.2. The molecule has 1 fully saturated rings. The molecule has 1 aromatic carbocycles. The highest BCUT2D eigenvalue weighted by Gasteiger charge is 2.47. The lowest BCUT2D eigenvalue weighted by molar-refractivity contribution is -0.136. The summed E-state index contributed by atoms with van der Waals surface area (Å²) in [7, 11) is -3.10. The number of aromatic nitrogens is 2. The van der Waals surface area contributed by atoms with Gasteiger partial charge in [-0.2, -0.15) is 13.9 Å². The number of halogens is 2. The third-order valence-corrected chi connectivity index (χ3v) is 7.70. The summed E-state index contributed by atoms with van der Waals surface area (Å²) < 4.78 is 60.4. The predicted molar refractivity (Wildman–Crippen MR) is 112 cm³/mol. The predicted octanol–water partition coefficient (Wildman–Crippen LogP) is 2.48. The zero-order valence-electron chi connectivity index (χ0n) is 18.0. The van der Waals surface area contributed by atoms with Crippen molar-refractivity contribution in [3.8, 4) is 17.0 Å². The summed E-state index contributed by atoms with van der Waals surface area (Å²) in [4.78, 5) is 12.8. The average Bonchev–Trinajstić information content (AvgIpc) is 3.05. The molecule has 2 aliphatic heterocycles. The molecule has 3 heterocycles. The Bertz CT molecular complexity index is 1130. The number of alkyl halides is 2. The number of hydrogen-bond acceptors (Lipinski definition) is 6. The molecular formula is C21H25F2N3O5S. The van der Waals surface area contributed by atoms with E-state index in [-0.39, 0.29) is 42.2 Å². The quantitative estimate of drug-likeness (QED) is 0.698. The van der Waals surface area contributed by atoms with Crippen LogP contribution >= 0.6 is 0 Å². The van der Waals surface area contributed by atoms with Gasteiger partial charge in [-0.25, -0.2) is 8.42 Å². The van der Waals surface area contributed by atoms with Crippen molar-refractivity contribution in [3.05, 3.63) is 35.5 Å². The van der Waals surface area contributed by atoms with Crippen LogP contribution in [-0.4, -0.2) is 53.9 Å². The van der Waals surface area contributed by atoms with Crippen LogP contribution in [0.1, 0.15) is 38.1 Å². The second-order valence-electron chi connectivity index (χ2n) is 8.80. The van der Waals surface area contributed by atoms with E-state index >= 15 is 0 Å². The van der Waals surface area contributed by atoms with E-state index in [9.17, 15) is 22.0 Å². The number of nitrogens with zero attached hydrogens (tertiary/aromatic N) is 2. The second-order valence-corrected chi connectivity index (χ2v) is 10.9. The molecule has 1 aromatic heterocycles. The van der Waals surface area contributed by atoms with E-state index in [1.807, 2.05) is 18.5 Å². The number of hydrogen-bond donors (Lipinski definition) is 1. The molecule has 2 aromatic rings. The SMILES string of the molecule is CC(C)n1nc(-c2cccc(OC(F)F)c2)c2c1C[C@@H](C(=O)NC1(C)CS(=O)(=O)C1)OC2. The highest BCUT2D eigenvalue weighted by atomic mass is 32.2. The van der Waals surface area contributed by atoms with Crippen LogP contribution in [0.5, 0.6) is 5.75 Å². The molecule has 8 nitrogen and oxygen atoms in total. The van der Waals surface area contributed by atoms with Crippen molar-refractivity contribution in [1.29, 1.82) is 0 Å². The van der Waals surface area contributed by atoms with Crippen LogP contribution in [0.15, 0.2) is 24.3 Å². The summed E-state index contributed by atoms with van der Waals surface area (Å²) in [5.41, 5.74) is 2.03. The summed E-state index contributed by atoms with van der Waals surface area (Å²) in [6.45, 7) is 2.80. The fourth-order valence-corrected chi connectivity index (χ4v) is 6.32. The van der Waals surface area contributed by atoms with Gasteiger partial charge in [0.25, 0.3) is 0 Å². The summed E-state index contributed by atoms with van der Waals surface area (Å²) in [6.07, 6.45) is -0.513. The minimum atomic E-state index is -3.10. The average molecular weight is 470 g/mol. The molecule has 1 amide bonds. The molecule has 11 heteroatoms. The van der Waals surface area contributed by atoms with Crippen molar-refractivity contribution in [2.24, 2.45) is 0 Å². The van der Waals surface area contributed by atoms with Crippen LogP contribution in [-0.2, 0) is 32.4 Å². The molecule has 0 radical (unpaired) electrons. The molecule has 1 atom stereocenters. The van der Waals surface area contributed by atoms with Gasteiger partial charge >= 0.3 is 6.61 Å². The van der Waals surface area contributed by atoms with Gasteiger partial charge in [-0.05, 0) is 32.9 Å². The molecule has 0 aliphatic carbocycles. The summed E-state index contributed by atoms with van der Waals surface area (Å²) in [5.74, 6) is -0.509. The lowest BCUT2D eigenvalue weighted by Crippen LogP contribution is -2.65. The summed E-state index contributed by atoms with van der Waals surface area (Å²) >= 11 is 0. The first-order chi connectivity index (χ1) is 15.0. The van der Waals surface area contributed by atoms with Crippen LogP contribution in [0.4, 0.5) is 8.78 Å². The molecule has 1 N–H and O–H groups in total. The number of carbonyl (C=O) groups excluding carboxylic acids is 1. The first kappa shape index (κ1) is 22.7. The number of carbonyl (C=O) groups is 1. The van der Waals surface area contributed by atoms with Crippen molar-refractivity contribution in [2.45, 2.75) is 58.1 Å². The topological polar surface area (TPSA) is 99.5 Å². The molecule has 0 saturated carbocycles. The van der Waals surface area contributed by atoms with Crippen LogP contribution in [0.2, 0.25) is 0 Å². The monoisotopic (exact) mass is 469 g/mol. The Morgan fingerprint density at radius 1 is 1.34 bits per heavy atom. The number of sulfone groups is 1. The Morgan fingerprint density at radius 2 is 2.06 bits per heavy atom. The summed E-state index contributed by atoms with van der Waals surface area (Å²) in [6, 6.07) is 6.30. The van der Waals surface area contributed by atoms with Gasteiger partial charge in [-0.3, -0.25) is 9.48 Å². The van der Waals surface area contributed by atoms with E-state index in [4.69, 9.17) is 4.74 Å². The highest BCUT2D eigenvalue weighted by molar-refractivity contribution is 7.93. The zero-order valence-corrected chi connectivity index (χ0v) is 18.8. The summed E-state index contributed by atoms with van der Waals surface area (Å²) in [5, 5.41) is 7.48. The van der Waals surface area contributed by atoms with Gasteiger partial charge in [0.1, 0.15) is 11.9 Å². The maximum absolute atomic E-state index is 12.8. The smallest absolute Gasteiger partial charge is 0.387 e. The van der Waals surface area contributed by atoms with E-state index < -0.39 is 28.1 Å². The third-order valence-electron chi connectivity index (χ3n) is 5.54. The number of ether oxygens (including phenoxy) is 2. The van der Waals surface area contributed by atoms with Crippen LogP contribution in [0.3, 0.4) is 0 Å². The number of fused-ring (bicyclic) bond motifs is 1. The van der Waals surface area contributed by atoms with Gasteiger partial charge in [0.2, 0.25) is 5.91 Å². The van der Waals surface area contributed by atoms with Crippen molar-refractivity contribution in [2.75, 3.05) is 11.5 Å². The molecule has 174 valence electrons. The Balaban J connectivity index is 1.59. The molecule has 4 rings (SSSR count). The van der Waals surface area contributed by atoms with Crippen molar-refractivity contribution < 1.29 is 31.5 Å². The van der Waals surface area contributed by atoms with E-state index in [0.717, 1.165) is 11.3 Å².